The second-order valence-electron chi connectivity index (χ2n) is 16.5. The molecule has 0 aliphatic heterocycles. The van der Waals surface area contributed by atoms with Gasteiger partial charge in [0, 0.05) is 26.2 Å². The monoisotopic (exact) mass is 662 g/mol. The fraction of sp³-hybridized carbons (Fsp3) is 1.00. The zero-order valence-electron chi connectivity index (χ0n) is 29.9. The summed E-state index contributed by atoms with van der Waals surface area (Å²) in [5.41, 5.74) is -0.807. The standard InChI is InChI=1S/2C16H34N2O2.Zr/c2*1-15(2,3)13(19)11-17(7)9-10-18(8)12-14(20)16(4,5)6;/h2*13-14H,9-12H2,1-8H3;/q2*-2;+4/t2*13-,14+;. The minimum absolute atomic E-state index is 0. The van der Waals surface area contributed by atoms with Gasteiger partial charge < -0.3 is 40.0 Å². The summed E-state index contributed by atoms with van der Waals surface area (Å²) in [6.07, 6.45) is -2.33. The zero-order chi connectivity index (χ0) is 32.3. The van der Waals surface area contributed by atoms with E-state index >= 15 is 0 Å². The van der Waals surface area contributed by atoms with Gasteiger partial charge in [-0.3, -0.25) is 0 Å². The van der Waals surface area contributed by atoms with E-state index in [2.05, 4.69) is 19.6 Å². The van der Waals surface area contributed by atoms with Crippen LogP contribution in [0.1, 0.15) is 83.1 Å². The van der Waals surface area contributed by atoms with Crippen LogP contribution in [0.3, 0.4) is 0 Å². The predicted molar refractivity (Wildman–Crippen MR) is 163 cm³/mol. The summed E-state index contributed by atoms with van der Waals surface area (Å²) in [7, 11) is 7.90. The van der Waals surface area contributed by atoms with Gasteiger partial charge in [-0.1, -0.05) is 83.1 Å². The number of nitrogens with zero attached hydrogens (tertiary/aromatic N) is 4. The SMILES string of the molecule is CN(CCN(C)C[C@H]([O-])C(C)(C)C)C[C@@H]([O-])C(C)(C)C.CN(CCN(C)C[C@H]([O-])C(C)(C)C)C[C@@H]([O-])C(C)(C)C.[Zr+4]. The van der Waals surface area contributed by atoms with E-state index < -0.39 is 24.4 Å². The molecule has 0 spiro atoms. The van der Waals surface area contributed by atoms with E-state index in [4.69, 9.17) is 0 Å². The molecule has 0 bridgehead atoms. The van der Waals surface area contributed by atoms with Gasteiger partial charge in [0.05, 0.1) is 0 Å². The molecule has 0 aromatic rings. The molecule has 0 fully saturated rings. The molecule has 0 N–H and O–H groups in total. The Morgan fingerprint density at radius 3 is 0.585 bits per heavy atom. The van der Waals surface area contributed by atoms with Crippen LogP contribution in [0.5, 0.6) is 0 Å². The first-order valence-electron chi connectivity index (χ1n) is 15.0. The van der Waals surface area contributed by atoms with E-state index in [1.54, 1.807) is 0 Å². The van der Waals surface area contributed by atoms with Crippen molar-refractivity contribution in [1.29, 1.82) is 0 Å². The van der Waals surface area contributed by atoms with Crippen LogP contribution in [0.15, 0.2) is 0 Å². The molecule has 0 heterocycles. The summed E-state index contributed by atoms with van der Waals surface area (Å²) in [6.45, 7) is 29.3. The molecule has 0 aliphatic carbocycles. The maximum absolute atomic E-state index is 12.0. The summed E-state index contributed by atoms with van der Waals surface area (Å²) in [4.78, 5) is 8.26. The van der Waals surface area contributed by atoms with E-state index in [1.807, 2.05) is 111 Å². The Morgan fingerprint density at radius 1 is 0.366 bits per heavy atom. The van der Waals surface area contributed by atoms with E-state index in [0.29, 0.717) is 26.2 Å². The van der Waals surface area contributed by atoms with E-state index in [-0.39, 0.29) is 47.9 Å². The molecular weight excluding hydrogens is 596 g/mol. The number of likely N-dealkylation sites (N-methyl/N-ethyl adjacent to an activating group) is 4. The fourth-order valence-electron chi connectivity index (χ4n) is 3.28. The maximum Gasteiger partial charge on any atom is 4.00 e. The first-order chi connectivity index (χ1) is 17.7. The van der Waals surface area contributed by atoms with Crippen LogP contribution in [-0.4, -0.2) is 125 Å². The van der Waals surface area contributed by atoms with Gasteiger partial charge in [-0.15, -0.1) is 24.4 Å². The van der Waals surface area contributed by atoms with Gasteiger partial charge in [0.25, 0.3) is 0 Å². The van der Waals surface area contributed by atoms with Crippen molar-refractivity contribution < 1.29 is 46.6 Å². The molecular formula is C32H68N4O4Zr. The van der Waals surface area contributed by atoms with Crippen molar-refractivity contribution in [3.8, 4) is 0 Å². The maximum atomic E-state index is 12.0. The molecule has 0 saturated heterocycles. The molecule has 0 unspecified atom stereocenters. The number of hydrogen-bond donors (Lipinski definition) is 0. The number of hydrogen-bond acceptors (Lipinski definition) is 8. The smallest absolute Gasteiger partial charge is 0.851 e. The Balaban J connectivity index is -0.000000688. The molecule has 244 valence electrons. The minimum Gasteiger partial charge on any atom is -0.851 e. The van der Waals surface area contributed by atoms with Crippen LogP contribution in [-0.2, 0) is 26.2 Å². The van der Waals surface area contributed by atoms with Crippen LogP contribution < -0.4 is 20.4 Å². The second-order valence-corrected chi connectivity index (χ2v) is 16.5. The average molecular weight is 664 g/mol. The van der Waals surface area contributed by atoms with Gasteiger partial charge in [-0.05, 0) is 76.0 Å². The Kier molecular flexibility index (Phi) is 22.3. The Labute approximate surface area is 275 Å². The van der Waals surface area contributed by atoms with Crippen molar-refractivity contribution in [1.82, 2.24) is 19.6 Å². The zero-order valence-corrected chi connectivity index (χ0v) is 32.3. The van der Waals surface area contributed by atoms with Gasteiger partial charge in [0.15, 0.2) is 0 Å². The average Bonchev–Trinajstić information content (AvgIpc) is 2.74. The van der Waals surface area contributed by atoms with Gasteiger partial charge in [0.1, 0.15) is 0 Å². The van der Waals surface area contributed by atoms with Crippen molar-refractivity contribution in [3.63, 3.8) is 0 Å². The normalized spacial score (nSPS) is 16.4. The molecule has 0 amide bonds. The predicted octanol–water partition coefficient (Wildman–Crippen LogP) is 0.798. The molecule has 0 rings (SSSR count). The molecule has 0 radical (unpaired) electrons. The second kappa shape index (κ2) is 19.8. The van der Waals surface area contributed by atoms with Crippen LogP contribution in [0.2, 0.25) is 0 Å². The Bertz CT molecular complexity index is 544. The topological polar surface area (TPSA) is 105 Å². The van der Waals surface area contributed by atoms with Gasteiger partial charge in [0.2, 0.25) is 0 Å². The van der Waals surface area contributed by atoms with Gasteiger partial charge >= 0.3 is 26.2 Å². The Morgan fingerprint density at radius 2 is 0.488 bits per heavy atom. The number of rotatable bonds is 14. The molecule has 0 saturated carbocycles. The van der Waals surface area contributed by atoms with Crippen molar-refractivity contribution in [2.24, 2.45) is 21.7 Å². The first-order valence-corrected chi connectivity index (χ1v) is 15.0. The third kappa shape index (κ3) is 23.6. The van der Waals surface area contributed by atoms with Crippen molar-refractivity contribution in [2.45, 2.75) is 108 Å². The van der Waals surface area contributed by atoms with Crippen molar-refractivity contribution in [2.75, 3.05) is 80.5 Å². The third-order valence-corrected chi connectivity index (χ3v) is 7.50. The van der Waals surface area contributed by atoms with E-state index in [1.165, 1.54) is 0 Å². The molecule has 4 atom stereocenters. The summed E-state index contributed by atoms with van der Waals surface area (Å²) >= 11 is 0. The first kappa shape index (κ1) is 46.0. The van der Waals surface area contributed by atoms with Crippen LogP contribution in [0.25, 0.3) is 0 Å². The summed E-state index contributed by atoms with van der Waals surface area (Å²) in [5.74, 6) is 0. The minimum atomic E-state index is -0.584. The van der Waals surface area contributed by atoms with Gasteiger partial charge in [-0.2, -0.15) is 0 Å². The summed E-state index contributed by atoms with van der Waals surface area (Å²) in [6, 6.07) is 0. The third-order valence-electron chi connectivity index (χ3n) is 7.50. The molecule has 9 heteroatoms. The van der Waals surface area contributed by atoms with E-state index in [9.17, 15) is 20.4 Å². The van der Waals surface area contributed by atoms with Crippen LogP contribution >= 0.6 is 0 Å². The molecule has 0 aliphatic rings. The molecule has 41 heavy (non-hydrogen) atoms. The van der Waals surface area contributed by atoms with Crippen molar-refractivity contribution >= 4 is 0 Å². The van der Waals surface area contributed by atoms with Crippen LogP contribution in [0.4, 0.5) is 0 Å². The molecule has 0 aromatic heterocycles. The van der Waals surface area contributed by atoms with Gasteiger partial charge in [-0.25, -0.2) is 0 Å². The molecule has 8 nitrogen and oxygen atoms in total. The Hall–Kier alpha value is 0.563. The van der Waals surface area contributed by atoms with Crippen molar-refractivity contribution in [3.05, 3.63) is 0 Å². The summed E-state index contributed by atoms with van der Waals surface area (Å²) in [5, 5.41) is 48.0. The largest absolute Gasteiger partial charge is 4.00 e. The quantitative estimate of drug-likeness (QED) is 0.269. The fourth-order valence-corrected chi connectivity index (χ4v) is 3.28. The van der Waals surface area contributed by atoms with E-state index in [0.717, 1.165) is 26.2 Å². The summed E-state index contributed by atoms with van der Waals surface area (Å²) < 4.78 is 0. The molecule has 0 aromatic carbocycles. The van der Waals surface area contributed by atoms with Crippen LogP contribution in [0, 0.1) is 21.7 Å².